The van der Waals surface area contributed by atoms with E-state index in [0.717, 1.165) is 36.3 Å². The van der Waals surface area contributed by atoms with Gasteiger partial charge in [-0.15, -0.1) is 12.4 Å². The van der Waals surface area contributed by atoms with E-state index in [1.54, 1.807) is 0 Å². The number of piperidine rings is 1. The molecule has 1 saturated heterocycles. The molecule has 0 bridgehead atoms. The predicted molar refractivity (Wildman–Crippen MR) is 118 cm³/mol. The highest BCUT2D eigenvalue weighted by atomic mass is 35.5. The summed E-state index contributed by atoms with van der Waals surface area (Å²) in [5.74, 6) is 0.406. The van der Waals surface area contributed by atoms with Gasteiger partial charge in [0, 0.05) is 24.3 Å². The summed E-state index contributed by atoms with van der Waals surface area (Å²) >= 11 is 0. The van der Waals surface area contributed by atoms with Crippen molar-refractivity contribution >= 4 is 18.3 Å². The zero-order chi connectivity index (χ0) is 19.3. The highest BCUT2D eigenvalue weighted by molar-refractivity contribution is 6.00. The van der Waals surface area contributed by atoms with Crippen molar-refractivity contribution in [1.29, 1.82) is 0 Å². The van der Waals surface area contributed by atoms with Crippen LogP contribution in [0.1, 0.15) is 29.3 Å². The number of carbonyl (C=O) groups is 1. The predicted octanol–water partition coefficient (Wildman–Crippen LogP) is 3.75. The highest BCUT2D eigenvalue weighted by Gasteiger charge is 2.25. The van der Waals surface area contributed by atoms with Crippen LogP contribution in [0.5, 0.6) is 0 Å². The van der Waals surface area contributed by atoms with Crippen LogP contribution in [0.4, 0.5) is 0 Å². The summed E-state index contributed by atoms with van der Waals surface area (Å²) in [6, 6.07) is 20.2. The third kappa shape index (κ3) is 5.05. The van der Waals surface area contributed by atoms with Crippen LogP contribution in [0.2, 0.25) is 0 Å². The lowest BCUT2D eigenvalue weighted by atomic mass is 9.94. The van der Waals surface area contributed by atoms with Gasteiger partial charge >= 0.3 is 0 Å². The van der Waals surface area contributed by atoms with Gasteiger partial charge in [0.05, 0.1) is 12.1 Å². The van der Waals surface area contributed by atoms with Gasteiger partial charge in [0.15, 0.2) is 0 Å². The fourth-order valence-electron chi connectivity index (χ4n) is 3.68. The molecule has 1 aromatic heterocycles. The van der Waals surface area contributed by atoms with Crippen molar-refractivity contribution in [2.45, 2.75) is 25.9 Å². The zero-order valence-electron chi connectivity index (χ0n) is 16.5. The molecule has 1 amide bonds. The maximum atomic E-state index is 13.1. The Morgan fingerprint density at radius 2 is 1.83 bits per heavy atom. The smallest absolute Gasteiger partial charge is 0.255 e. The summed E-state index contributed by atoms with van der Waals surface area (Å²) in [5, 5.41) is 11.3. The number of rotatable bonds is 5. The molecule has 0 radical (unpaired) electrons. The third-order valence-corrected chi connectivity index (χ3v) is 5.39. The van der Waals surface area contributed by atoms with Crippen LogP contribution < -0.4 is 10.6 Å². The van der Waals surface area contributed by atoms with E-state index in [-0.39, 0.29) is 24.4 Å². The topological polar surface area (TPSA) is 58.9 Å². The number of amides is 1. The number of hydrogen-bond acceptors (Lipinski definition) is 3. The van der Waals surface area contributed by atoms with Crippen LogP contribution in [0.25, 0.3) is 11.3 Å². The molecule has 6 heteroatoms. The van der Waals surface area contributed by atoms with Crippen LogP contribution in [-0.2, 0) is 6.54 Å². The first kappa shape index (κ1) is 21.1. The van der Waals surface area contributed by atoms with E-state index in [1.165, 1.54) is 0 Å². The molecule has 0 spiro atoms. The molecule has 2 N–H and O–H groups in total. The molecule has 4 rings (SSSR count). The Balaban J connectivity index is 0.00000240. The van der Waals surface area contributed by atoms with Gasteiger partial charge in [-0.25, -0.2) is 0 Å². The van der Waals surface area contributed by atoms with Gasteiger partial charge in [0.25, 0.3) is 5.91 Å². The van der Waals surface area contributed by atoms with Crippen LogP contribution in [-0.4, -0.2) is 34.8 Å². The average molecular weight is 411 g/mol. The standard InChI is InChI=1S/C23H26N4O.ClH/c1-17-12-13-24-14-21(17)25-23(28)20-16-27(15-18-8-4-2-5-9-18)26-22(20)19-10-6-3-7-11-19;/h2-11,16-17,21,24H,12-15H2,1H3,(H,25,28);1H. The highest BCUT2D eigenvalue weighted by Crippen LogP contribution is 2.23. The first-order valence-electron chi connectivity index (χ1n) is 9.89. The Labute approximate surface area is 177 Å². The molecular weight excluding hydrogens is 384 g/mol. The van der Waals surface area contributed by atoms with Crippen molar-refractivity contribution in [2.24, 2.45) is 5.92 Å². The minimum absolute atomic E-state index is 0. The molecule has 1 aliphatic rings. The lowest BCUT2D eigenvalue weighted by molar-refractivity contribution is 0.0916. The summed E-state index contributed by atoms with van der Waals surface area (Å²) in [6.07, 6.45) is 2.94. The lowest BCUT2D eigenvalue weighted by Gasteiger charge is -2.30. The minimum atomic E-state index is -0.0567. The number of hydrogen-bond donors (Lipinski definition) is 2. The molecule has 0 aliphatic carbocycles. The third-order valence-electron chi connectivity index (χ3n) is 5.39. The van der Waals surface area contributed by atoms with E-state index in [4.69, 9.17) is 5.10 Å². The summed E-state index contributed by atoms with van der Waals surface area (Å²) in [4.78, 5) is 13.1. The average Bonchev–Trinajstić information content (AvgIpc) is 3.15. The first-order chi connectivity index (χ1) is 13.7. The van der Waals surface area contributed by atoms with Gasteiger partial charge in [-0.1, -0.05) is 67.6 Å². The lowest BCUT2D eigenvalue weighted by Crippen LogP contribution is -2.50. The number of halogens is 1. The van der Waals surface area contributed by atoms with E-state index in [9.17, 15) is 4.79 Å². The van der Waals surface area contributed by atoms with Gasteiger partial charge in [-0.3, -0.25) is 9.48 Å². The largest absolute Gasteiger partial charge is 0.348 e. The number of nitrogens with one attached hydrogen (secondary N) is 2. The van der Waals surface area contributed by atoms with Crippen molar-refractivity contribution in [3.63, 3.8) is 0 Å². The van der Waals surface area contributed by atoms with Crippen molar-refractivity contribution in [3.05, 3.63) is 78.0 Å². The van der Waals surface area contributed by atoms with Gasteiger partial charge < -0.3 is 10.6 Å². The van der Waals surface area contributed by atoms with E-state index in [0.29, 0.717) is 18.0 Å². The molecule has 5 nitrogen and oxygen atoms in total. The molecule has 1 fully saturated rings. The van der Waals surface area contributed by atoms with Crippen LogP contribution in [0.15, 0.2) is 66.9 Å². The molecule has 2 atom stereocenters. The molecule has 29 heavy (non-hydrogen) atoms. The van der Waals surface area contributed by atoms with E-state index < -0.39 is 0 Å². The van der Waals surface area contributed by atoms with E-state index in [1.807, 2.05) is 59.4 Å². The fourth-order valence-corrected chi connectivity index (χ4v) is 3.68. The molecule has 3 aromatic rings. The van der Waals surface area contributed by atoms with Gasteiger partial charge in [0.1, 0.15) is 5.69 Å². The monoisotopic (exact) mass is 410 g/mol. The maximum absolute atomic E-state index is 13.1. The van der Waals surface area contributed by atoms with Crippen LogP contribution in [0.3, 0.4) is 0 Å². The summed E-state index contributed by atoms with van der Waals surface area (Å²) in [5.41, 5.74) is 3.46. The molecule has 2 heterocycles. The second-order valence-corrected chi connectivity index (χ2v) is 7.49. The summed E-state index contributed by atoms with van der Waals surface area (Å²) in [6.45, 7) is 4.65. The summed E-state index contributed by atoms with van der Waals surface area (Å²) in [7, 11) is 0. The van der Waals surface area contributed by atoms with Crippen molar-refractivity contribution in [2.75, 3.05) is 13.1 Å². The van der Waals surface area contributed by atoms with Crippen LogP contribution >= 0.6 is 12.4 Å². The first-order valence-corrected chi connectivity index (χ1v) is 9.89. The summed E-state index contributed by atoms with van der Waals surface area (Å²) < 4.78 is 1.86. The van der Waals surface area contributed by atoms with Gasteiger partial charge in [-0.05, 0) is 24.4 Å². The van der Waals surface area contributed by atoms with E-state index in [2.05, 4.69) is 29.7 Å². The van der Waals surface area contributed by atoms with E-state index >= 15 is 0 Å². The van der Waals surface area contributed by atoms with Crippen molar-refractivity contribution < 1.29 is 4.79 Å². The Kier molecular flexibility index (Phi) is 7.07. The Bertz CT molecular complexity index is 927. The maximum Gasteiger partial charge on any atom is 0.255 e. The Morgan fingerprint density at radius 3 is 2.52 bits per heavy atom. The second-order valence-electron chi connectivity index (χ2n) is 7.49. The minimum Gasteiger partial charge on any atom is -0.348 e. The quantitative estimate of drug-likeness (QED) is 0.673. The molecule has 2 unspecified atom stereocenters. The molecule has 152 valence electrons. The molecule has 0 saturated carbocycles. The fraction of sp³-hybridized carbons (Fsp3) is 0.304. The molecular formula is C23H27ClN4O. The number of aromatic nitrogens is 2. The van der Waals surface area contributed by atoms with Crippen molar-refractivity contribution in [1.82, 2.24) is 20.4 Å². The number of nitrogens with zero attached hydrogens (tertiary/aromatic N) is 2. The molecule has 2 aromatic carbocycles. The van der Waals surface area contributed by atoms with Gasteiger partial charge in [0.2, 0.25) is 0 Å². The molecule has 1 aliphatic heterocycles. The normalized spacial score (nSPS) is 18.7. The Hall–Kier alpha value is -2.63. The Morgan fingerprint density at radius 1 is 1.14 bits per heavy atom. The number of benzene rings is 2. The zero-order valence-corrected chi connectivity index (χ0v) is 17.4. The van der Waals surface area contributed by atoms with Crippen LogP contribution in [0, 0.1) is 5.92 Å². The van der Waals surface area contributed by atoms with Crippen molar-refractivity contribution in [3.8, 4) is 11.3 Å². The second kappa shape index (κ2) is 9.72. The van der Waals surface area contributed by atoms with Gasteiger partial charge in [-0.2, -0.15) is 5.10 Å². The number of carbonyl (C=O) groups excluding carboxylic acids is 1. The SMILES string of the molecule is CC1CCNCC1NC(=O)c1cn(Cc2ccccc2)nc1-c1ccccc1.Cl.